The van der Waals surface area contributed by atoms with Crippen LogP contribution >= 0.6 is 11.6 Å². The zero-order chi connectivity index (χ0) is 17.2. The van der Waals surface area contributed by atoms with Crippen LogP contribution in [0.3, 0.4) is 0 Å². The number of halogens is 1. The molecule has 0 bridgehead atoms. The Balaban J connectivity index is 1.47. The Kier molecular flexibility index (Phi) is 4.65. The summed E-state index contributed by atoms with van der Waals surface area (Å²) in [6.07, 6.45) is 3.35. The highest BCUT2D eigenvalue weighted by molar-refractivity contribution is 6.30. The van der Waals surface area contributed by atoms with E-state index in [-0.39, 0.29) is 0 Å². The molecule has 0 radical (unpaired) electrons. The van der Waals surface area contributed by atoms with Gasteiger partial charge in [0.1, 0.15) is 0 Å². The summed E-state index contributed by atoms with van der Waals surface area (Å²) in [4.78, 5) is 2.55. The van der Waals surface area contributed by atoms with Gasteiger partial charge in [0.15, 0.2) is 0 Å². The second kappa shape index (κ2) is 7.07. The summed E-state index contributed by atoms with van der Waals surface area (Å²) in [6.45, 7) is 6.29. The fourth-order valence-electron chi connectivity index (χ4n) is 3.70. The van der Waals surface area contributed by atoms with Gasteiger partial charge in [-0.05, 0) is 53.8 Å². The molecule has 0 unspecified atom stereocenters. The van der Waals surface area contributed by atoms with Gasteiger partial charge >= 0.3 is 0 Å². The molecule has 2 heterocycles. The van der Waals surface area contributed by atoms with Crippen LogP contribution in [-0.4, -0.2) is 16.0 Å². The molecule has 0 fully saturated rings. The molecule has 1 aliphatic rings. The molecule has 0 spiro atoms. The molecule has 0 saturated heterocycles. The molecule has 0 saturated carbocycles. The average molecular weight is 351 g/mol. The standard InChI is InChI=1S/C22H23ClN2/c1-17-20(10-12-25(17)14-18-5-4-8-22(23)13-18)15-24-11-9-19-6-2-3-7-21(19)16-24/h2-8,10,12-13H,9,11,14-16H2,1H3. The van der Waals surface area contributed by atoms with Crippen LogP contribution in [0, 0.1) is 6.92 Å². The number of hydrogen-bond donors (Lipinski definition) is 0. The van der Waals surface area contributed by atoms with Crippen molar-refractivity contribution in [2.24, 2.45) is 0 Å². The molecule has 128 valence electrons. The maximum atomic E-state index is 6.11. The Morgan fingerprint density at radius 3 is 2.64 bits per heavy atom. The summed E-state index contributed by atoms with van der Waals surface area (Å²) >= 11 is 6.11. The van der Waals surface area contributed by atoms with Crippen molar-refractivity contribution in [2.45, 2.75) is 33.0 Å². The lowest BCUT2D eigenvalue weighted by Crippen LogP contribution is -2.30. The Hall–Kier alpha value is -2.03. The van der Waals surface area contributed by atoms with Crippen molar-refractivity contribution in [1.82, 2.24) is 9.47 Å². The van der Waals surface area contributed by atoms with Gasteiger partial charge in [0.2, 0.25) is 0 Å². The van der Waals surface area contributed by atoms with E-state index in [0.29, 0.717) is 0 Å². The number of benzene rings is 2. The van der Waals surface area contributed by atoms with Crippen LogP contribution in [0.1, 0.15) is 27.9 Å². The van der Waals surface area contributed by atoms with Crippen molar-refractivity contribution >= 4 is 11.6 Å². The molecule has 0 amide bonds. The molecule has 4 rings (SSSR count). The first-order chi connectivity index (χ1) is 12.2. The smallest absolute Gasteiger partial charge is 0.0473 e. The van der Waals surface area contributed by atoms with Crippen LogP contribution < -0.4 is 0 Å². The first-order valence-electron chi connectivity index (χ1n) is 8.87. The van der Waals surface area contributed by atoms with Crippen molar-refractivity contribution in [2.75, 3.05) is 6.54 Å². The Morgan fingerprint density at radius 1 is 0.960 bits per heavy atom. The van der Waals surface area contributed by atoms with Crippen molar-refractivity contribution in [3.8, 4) is 0 Å². The van der Waals surface area contributed by atoms with Crippen LogP contribution in [0.5, 0.6) is 0 Å². The van der Waals surface area contributed by atoms with Gasteiger partial charge in [-0.25, -0.2) is 0 Å². The van der Waals surface area contributed by atoms with Gasteiger partial charge in [-0.3, -0.25) is 4.90 Å². The van der Waals surface area contributed by atoms with E-state index in [1.165, 1.54) is 27.9 Å². The lowest BCUT2D eigenvalue weighted by atomic mass is 9.99. The van der Waals surface area contributed by atoms with E-state index in [4.69, 9.17) is 11.6 Å². The number of hydrogen-bond acceptors (Lipinski definition) is 1. The van der Waals surface area contributed by atoms with Crippen molar-refractivity contribution in [3.05, 3.63) is 93.8 Å². The molecule has 0 aliphatic carbocycles. The summed E-state index contributed by atoms with van der Waals surface area (Å²) in [7, 11) is 0. The van der Waals surface area contributed by atoms with Gasteiger partial charge in [-0.15, -0.1) is 0 Å². The second-order valence-electron chi connectivity index (χ2n) is 6.91. The lowest BCUT2D eigenvalue weighted by molar-refractivity contribution is 0.245. The van der Waals surface area contributed by atoms with Crippen LogP contribution in [0.4, 0.5) is 0 Å². The average Bonchev–Trinajstić information content (AvgIpc) is 2.95. The molecule has 0 N–H and O–H groups in total. The third kappa shape index (κ3) is 3.65. The first-order valence-corrected chi connectivity index (χ1v) is 9.25. The molecule has 0 atom stereocenters. The van der Waals surface area contributed by atoms with Gasteiger partial charge in [0.05, 0.1) is 0 Å². The number of aromatic nitrogens is 1. The number of rotatable bonds is 4. The quantitative estimate of drug-likeness (QED) is 0.638. The first kappa shape index (κ1) is 16.4. The zero-order valence-corrected chi connectivity index (χ0v) is 15.3. The molecule has 25 heavy (non-hydrogen) atoms. The van der Waals surface area contributed by atoms with Gasteiger partial charge in [0, 0.05) is 43.1 Å². The third-order valence-electron chi connectivity index (χ3n) is 5.20. The predicted octanol–water partition coefficient (Wildman–Crippen LogP) is 5.06. The maximum absolute atomic E-state index is 6.11. The summed E-state index contributed by atoms with van der Waals surface area (Å²) in [5.74, 6) is 0. The molecule has 3 heteroatoms. The van der Waals surface area contributed by atoms with Gasteiger partial charge < -0.3 is 4.57 Å². The van der Waals surface area contributed by atoms with Crippen LogP contribution in [0.2, 0.25) is 5.02 Å². The van der Waals surface area contributed by atoms with E-state index in [1.54, 1.807) is 0 Å². The third-order valence-corrected chi connectivity index (χ3v) is 5.43. The number of nitrogens with zero attached hydrogens (tertiary/aromatic N) is 2. The minimum absolute atomic E-state index is 0.800. The van der Waals surface area contributed by atoms with Crippen LogP contribution in [-0.2, 0) is 26.1 Å². The summed E-state index contributed by atoms with van der Waals surface area (Å²) in [5.41, 5.74) is 6.99. The van der Waals surface area contributed by atoms with Crippen molar-refractivity contribution in [3.63, 3.8) is 0 Å². The Morgan fingerprint density at radius 2 is 1.80 bits per heavy atom. The molecule has 1 aromatic heterocycles. The molecule has 2 nitrogen and oxygen atoms in total. The predicted molar refractivity (Wildman–Crippen MR) is 104 cm³/mol. The Bertz CT molecular complexity index is 881. The largest absolute Gasteiger partial charge is 0.347 e. The second-order valence-corrected chi connectivity index (χ2v) is 7.35. The molecule has 2 aromatic carbocycles. The summed E-state index contributed by atoms with van der Waals surface area (Å²) in [6, 6.07) is 19.2. The zero-order valence-electron chi connectivity index (χ0n) is 14.6. The molecular formula is C22H23ClN2. The molecular weight excluding hydrogens is 328 g/mol. The van der Waals surface area contributed by atoms with Crippen molar-refractivity contribution in [1.29, 1.82) is 0 Å². The number of fused-ring (bicyclic) bond motifs is 1. The van der Waals surface area contributed by atoms with Gasteiger partial charge in [-0.2, -0.15) is 0 Å². The fraction of sp³-hybridized carbons (Fsp3) is 0.273. The fourth-order valence-corrected chi connectivity index (χ4v) is 3.91. The van der Waals surface area contributed by atoms with Crippen LogP contribution in [0.15, 0.2) is 60.8 Å². The maximum Gasteiger partial charge on any atom is 0.0473 e. The van der Waals surface area contributed by atoms with E-state index in [1.807, 2.05) is 18.2 Å². The monoisotopic (exact) mass is 350 g/mol. The normalized spacial score (nSPS) is 14.5. The van der Waals surface area contributed by atoms with Crippen molar-refractivity contribution < 1.29 is 0 Å². The van der Waals surface area contributed by atoms with E-state index in [0.717, 1.165) is 37.6 Å². The van der Waals surface area contributed by atoms with Gasteiger partial charge in [-0.1, -0.05) is 48.0 Å². The van der Waals surface area contributed by atoms with E-state index < -0.39 is 0 Å². The van der Waals surface area contributed by atoms with Gasteiger partial charge in [0.25, 0.3) is 0 Å². The minimum Gasteiger partial charge on any atom is -0.347 e. The SMILES string of the molecule is Cc1c(CN2CCc3ccccc3C2)ccn1Cc1cccc(Cl)c1. The van der Waals surface area contributed by atoms with E-state index >= 15 is 0 Å². The van der Waals surface area contributed by atoms with E-state index in [9.17, 15) is 0 Å². The summed E-state index contributed by atoms with van der Waals surface area (Å²) in [5, 5.41) is 0.800. The highest BCUT2D eigenvalue weighted by Gasteiger charge is 2.17. The van der Waals surface area contributed by atoms with Crippen LogP contribution in [0.25, 0.3) is 0 Å². The van der Waals surface area contributed by atoms with E-state index in [2.05, 4.69) is 59.0 Å². The topological polar surface area (TPSA) is 8.17 Å². The lowest BCUT2D eigenvalue weighted by Gasteiger charge is -2.28. The summed E-state index contributed by atoms with van der Waals surface area (Å²) < 4.78 is 2.32. The highest BCUT2D eigenvalue weighted by atomic mass is 35.5. The molecule has 3 aromatic rings. The highest BCUT2D eigenvalue weighted by Crippen LogP contribution is 2.22. The minimum atomic E-state index is 0.800. The molecule has 1 aliphatic heterocycles. The Labute approximate surface area is 154 Å².